The Morgan fingerprint density at radius 1 is 0.931 bits per heavy atom. The molecule has 1 aliphatic rings. The van der Waals surface area contributed by atoms with Crippen molar-refractivity contribution in [2.75, 3.05) is 6.54 Å². The van der Waals surface area contributed by atoms with Gasteiger partial charge in [0.05, 0.1) is 11.6 Å². The summed E-state index contributed by atoms with van der Waals surface area (Å²) in [6.45, 7) is 0.925. The minimum absolute atomic E-state index is 0.0321. The van der Waals surface area contributed by atoms with Crippen molar-refractivity contribution in [2.45, 2.75) is 25.4 Å². The van der Waals surface area contributed by atoms with E-state index in [1.54, 1.807) is 4.68 Å². The maximum atomic E-state index is 13.4. The summed E-state index contributed by atoms with van der Waals surface area (Å²) >= 11 is 0. The van der Waals surface area contributed by atoms with Crippen molar-refractivity contribution < 1.29 is 4.79 Å². The lowest BCUT2D eigenvalue weighted by atomic mass is 9.88. The van der Waals surface area contributed by atoms with Crippen LogP contribution in [0.4, 0.5) is 0 Å². The monoisotopic (exact) mass is 382 g/mol. The van der Waals surface area contributed by atoms with Crippen molar-refractivity contribution in [2.24, 2.45) is 0 Å². The summed E-state index contributed by atoms with van der Waals surface area (Å²) in [7, 11) is 0. The molecule has 0 saturated carbocycles. The Kier molecular flexibility index (Phi) is 4.56. The molecule has 2 heterocycles. The van der Waals surface area contributed by atoms with E-state index in [2.05, 4.69) is 58.8 Å². The zero-order valence-corrected chi connectivity index (χ0v) is 16.1. The molecule has 29 heavy (non-hydrogen) atoms. The van der Waals surface area contributed by atoms with E-state index in [1.807, 2.05) is 35.2 Å². The third-order valence-electron chi connectivity index (χ3n) is 5.71. The van der Waals surface area contributed by atoms with Crippen LogP contribution < -0.4 is 0 Å². The fraction of sp³-hybridized carbons (Fsp3) is 0.208. The Bertz CT molecular complexity index is 1150. The van der Waals surface area contributed by atoms with Crippen LogP contribution in [0.1, 0.15) is 22.7 Å². The first-order chi connectivity index (χ1) is 14.3. The average Bonchev–Trinajstić information content (AvgIpc) is 3.17. The number of nitrogens with zero attached hydrogens (tertiary/aromatic N) is 4. The molecule has 5 nitrogen and oxygen atoms in total. The summed E-state index contributed by atoms with van der Waals surface area (Å²) < 4.78 is 1.71. The summed E-state index contributed by atoms with van der Waals surface area (Å²) in [5.41, 5.74) is 5.52. The summed E-state index contributed by atoms with van der Waals surface area (Å²) in [5, 5.41) is 8.38. The van der Waals surface area contributed by atoms with E-state index in [0.29, 0.717) is 0 Å². The molecule has 1 aromatic heterocycles. The highest BCUT2D eigenvalue weighted by molar-refractivity contribution is 5.80. The number of carbonyl (C=O) groups excluding carboxylic acids is 1. The first-order valence-electron chi connectivity index (χ1n) is 9.99. The van der Waals surface area contributed by atoms with Crippen LogP contribution >= 0.6 is 0 Å². The summed E-state index contributed by atoms with van der Waals surface area (Å²) in [4.78, 5) is 15.4. The van der Waals surface area contributed by atoms with Gasteiger partial charge in [-0.15, -0.1) is 5.10 Å². The van der Waals surface area contributed by atoms with E-state index >= 15 is 0 Å². The zero-order valence-electron chi connectivity index (χ0n) is 16.1. The van der Waals surface area contributed by atoms with Crippen LogP contribution in [-0.2, 0) is 24.2 Å². The Morgan fingerprint density at radius 3 is 2.59 bits per heavy atom. The van der Waals surface area contributed by atoms with E-state index in [-0.39, 0.29) is 18.5 Å². The van der Waals surface area contributed by atoms with Gasteiger partial charge in [0.1, 0.15) is 12.1 Å². The lowest BCUT2D eigenvalue weighted by molar-refractivity contribution is -0.135. The number of para-hydroxylation sites is 1. The SMILES string of the molecule is O=C(Cn1nnc2ccccc21)N1CCc2ccccc2C1Cc1ccccc1. The normalized spacial score (nSPS) is 16.0. The Labute approximate surface area is 169 Å². The van der Waals surface area contributed by atoms with Crippen molar-refractivity contribution >= 4 is 16.9 Å². The minimum Gasteiger partial charge on any atom is -0.333 e. The van der Waals surface area contributed by atoms with Gasteiger partial charge in [-0.3, -0.25) is 4.79 Å². The number of amides is 1. The molecule has 1 unspecified atom stereocenters. The van der Waals surface area contributed by atoms with E-state index in [9.17, 15) is 4.79 Å². The first kappa shape index (κ1) is 17.6. The van der Waals surface area contributed by atoms with Gasteiger partial charge in [0, 0.05) is 6.54 Å². The second kappa shape index (κ2) is 7.51. The molecule has 3 aromatic carbocycles. The van der Waals surface area contributed by atoms with Crippen LogP contribution in [0.3, 0.4) is 0 Å². The van der Waals surface area contributed by atoms with E-state index in [0.717, 1.165) is 30.4 Å². The van der Waals surface area contributed by atoms with Gasteiger partial charge in [-0.1, -0.05) is 71.9 Å². The number of aromatic nitrogens is 3. The lowest BCUT2D eigenvalue weighted by Gasteiger charge is -2.37. The van der Waals surface area contributed by atoms with Gasteiger partial charge in [-0.05, 0) is 41.7 Å². The predicted octanol–water partition coefficient (Wildman–Crippen LogP) is 3.80. The van der Waals surface area contributed by atoms with Gasteiger partial charge in [0.15, 0.2) is 0 Å². The Morgan fingerprint density at radius 2 is 1.69 bits per heavy atom. The molecule has 144 valence electrons. The molecular formula is C24H22N4O. The van der Waals surface area contributed by atoms with Crippen molar-refractivity contribution in [3.8, 4) is 0 Å². The maximum absolute atomic E-state index is 13.4. The summed E-state index contributed by atoms with van der Waals surface area (Å²) in [6, 6.07) is 26.7. The van der Waals surface area contributed by atoms with Crippen LogP contribution in [-0.4, -0.2) is 32.3 Å². The van der Waals surface area contributed by atoms with Gasteiger partial charge >= 0.3 is 0 Å². The highest BCUT2D eigenvalue weighted by Crippen LogP contribution is 2.32. The van der Waals surface area contributed by atoms with Crippen LogP contribution in [0.15, 0.2) is 78.9 Å². The quantitative estimate of drug-likeness (QED) is 0.539. The smallest absolute Gasteiger partial charge is 0.244 e. The zero-order chi connectivity index (χ0) is 19.6. The number of carbonyl (C=O) groups is 1. The molecule has 1 aliphatic heterocycles. The van der Waals surface area contributed by atoms with Gasteiger partial charge in [0.2, 0.25) is 5.91 Å². The van der Waals surface area contributed by atoms with Crippen molar-refractivity contribution in [1.82, 2.24) is 19.9 Å². The minimum atomic E-state index is 0.0321. The van der Waals surface area contributed by atoms with E-state index in [1.165, 1.54) is 16.7 Å². The highest BCUT2D eigenvalue weighted by Gasteiger charge is 2.31. The maximum Gasteiger partial charge on any atom is 0.244 e. The third-order valence-corrected chi connectivity index (χ3v) is 5.71. The van der Waals surface area contributed by atoms with E-state index < -0.39 is 0 Å². The number of hydrogen-bond donors (Lipinski definition) is 0. The lowest BCUT2D eigenvalue weighted by Crippen LogP contribution is -2.42. The van der Waals surface area contributed by atoms with Crippen LogP contribution in [0.2, 0.25) is 0 Å². The molecule has 0 aliphatic carbocycles. The van der Waals surface area contributed by atoms with Crippen LogP contribution in [0.5, 0.6) is 0 Å². The van der Waals surface area contributed by atoms with Crippen molar-refractivity contribution in [1.29, 1.82) is 0 Å². The highest BCUT2D eigenvalue weighted by atomic mass is 16.2. The standard InChI is InChI=1S/C24H22N4O/c29-24(17-28-22-13-7-6-12-21(22)25-26-28)27-15-14-19-10-4-5-11-20(19)23(27)16-18-8-2-1-3-9-18/h1-13,23H,14-17H2. The second-order valence-electron chi connectivity index (χ2n) is 7.48. The summed E-state index contributed by atoms with van der Waals surface area (Å²) in [6.07, 6.45) is 1.69. The predicted molar refractivity (Wildman–Crippen MR) is 112 cm³/mol. The Balaban J connectivity index is 1.46. The van der Waals surface area contributed by atoms with Crippen molar-refractivity contribution in [3.63, 3.8) is 0 Å². The molecule has 5 rings (SSSR count). The van der Waals surface area contributed by atoms with Gasteiger partial charge in [-0.2, -0.15) is 0 Å². The number of hydrogen-bond acceptors (Lipinski definition) is 3. The molecule has 1 amide bonds. The second-order valence-corrected chi connectivity index (χ2v) is 7.48. The third kappa shape index (κ3) is 3.40. The largest absolute Gasteiger partial charge is 0.333 e. The molecule has 0 fully saturated rings. The van der Waals surface area contributed by atoms with Crippen LogP contribution in [0, 0.1) is 0 Å². The topological polar surface area (TPSA) is 51.0 Å². The molecule has 5 heteroatoms. The molecule has 0 radical (unpaired) electrons. The van der Waals surface area contributed by atoms with Crippen molar-refractivity contribution in [3.05, 3.63) is 95.6 Å². The van der Waals surface area contributed by atoms with Gasteiger partial charge in [-0.25, -0.2) is 4.68 Å². The number of benzene rings is 3. The fourth-order valence-electron chi connectivity index (χ4n) is 4.26. The number of fused-ring (bicyclic) bond motifs is 2. The Hall–Kier alpha value is -3.47. The van der Waals surface area contributed by atoms with Crippen LogP contribution in [0.25, 0.3) is 11.0 Å². The fourth-order valence-corrected chi connectivity index (χ4v) is 4.26. The molecule has 0 saturated heterocycles. The first-order valence-corrected chi connectivity index (χ1v) is 9.99. The van der Waals surface area contributed by atoms with Gasteiger partial charge in [0.25, 0.3) is 0 Å². The molecule has 4 aromatic rings. The average molecular weight is 382 g/mol. The molecular weight excluding hydrogens is 360 g/mol. The summed E-state index contributed by atoms with van der Waals surface area (Å²) in [5.74, 6) is 0.0797. The number of rotatable bonds is 4. The molecule has 0 spiro atoms. The molecule has 1 atom stereocenters. The molecule has 0 N–H and O–H groups in total. The van der Waals surface area contributed by atoms with E-state index in [4.69, 9.17) is 0 Å². The molecule has 0 bridgehead atoms. The van der Waals surface area contributed by atoms with Gasteiger partial charge < -0.3 is 4.90 Å².